The quantitative estimate of drug-likeness (QED) is 0.0238. The number of aliphatic hydroxyl groups excluding tert-OH is 1. The first kappa shape index (κ1) is 62.4. The normalized spacial score (nSPS) is 13.7. The molecule has 0 aliphatic rings. The van der Waals surface area contributed by atoms with Gasteiger partial charge in [0.05, 0.1) is 13.2 Å². The van der Waals surface area contributed by atoms with Gasteiger partial charge in [-0.2, -0.15) is 0 Å². The van der Waals surface area contributed by atoms with Crippen LogP contribution in [0.25, 0.3) is 0 Å². The molecule has 0 aromatic heterocycles. The Labute approximate surface area is 399 Å². The molecule has 2 atom stereocenters. The maximum atomic E-state index is 12.2. The number of nitrogens with one attached hydrogen (secondary N) is 1. The zero-order valence-electron chi connectivity index (χ0n) is 41.7. The van der Waals surface area contributed by atoms with Gasteiger partial charge < -0.3 is 20.1 Å². The topological polar surface area (TPSA) is 131 Å². The smallest absolute Gasteiger partial charge is 0.463 e. The molecule has 0 bridgehead atoms. The summed E-state index contributed by atoms with van der Waals surface area (Å²) in [6.07, 6.45) is 64.1. The van der Waals surface area contributed by atoms with Crippen molar-refractivity contribution in [2.24, 2.45) is 0 Å². The molecule has 0 fully saturated rings. The number of amides is 1. The molecule has 10 heteroatoms. The lowest BCUT2D eigenvalue weighted by Crippen LogP contribution is -2.27. The zero-order chi connectivity index (χ0) is 47.4. The van der Waals surface area contributed by atoms with Crippen LogP contribution in [0.2, 0.25) is 0 Å². The third-order valence-electron chi connectivity index (χ3n) is 11.1. The first-order chi connectivity index (χ1) is 31.8. The first-order valence-electron chi connectivity index (χ1n) is 26.4. The van der Waals surface area contributed by atoms with E-state index >= 15 is 0 Å². The largest absolute Gasteiger partial charge is 0.472 e. The van der Waals surface area contributed by atoms with E-state index in [4.69, 9.17) is 13.8 Å². The molecule has 1 amide bonds. The number of ether oxygens (including phenoxy) is 1. The summed E-state index contributed by atoms with van der Waals surface area (Å²) in [6, 6.07) is 0. The van der Waals surface area contributed by atoms with Crippen molar-refractivity contribution in [2.75, 3.05) is 26.4 Å². The van der Waals surface area contributed by atoms with Crippen LogP contribution in [0.15, 0.2) is 72.9 Å². The lowest BCUT2D eigenvalue weighted by Gasteiger charge is -2.15. The third kappa shape index (κ3) is 52.3. The number of allylic oxidation sites excluding steroid dienone is 12. The van der Waals surface area contributed by atoms with E-state index in [1.165, 1.54) is 122 Å². The van der Waals surface area contributed by atoms with Crippen LogP contribution in [-0.4, -0.2) is 54.3 Å². The van der Waals surface area contributed by atoms with Gasteiger partial charge in [-0.25, -0.2) is 4.57 Å². The Morgan fingerprint density at radius 3 is 1.34 bits per heavy atom. The summed E-state index contributed by atoms with van der Waals surface area (Å²) in [7, 11) is -4.43. The van der Waals surface area contributed by atoms with Crippen LogP contribution in [0.4, 0.5) is 0 Å². The number of esters is 1. The molecule has 0 aliphatic heterocycles. The second-order valence-corrected chi connectivity index (χ2v) is 18.9. The van der Waals surface area contributed by atoms with Gasteiger partial charge in [0.15, 0.2) is 0 Å². The van der Waals surface area contributed by atoms with Crippen LogP contribution in [0.5, 0.6) is 0 Å². The van der Waals surface area contributed by atoms with Gasteiger partial charge in [0, 0.05) is 19.4 Å². The fourth-order valence-electron chi connectivity index (χ4n) is 7.17. The highest BCUT2D eigenvalue weighted by molar-refractivity contribution is 7.47. The minimum Gasteiger partial charge on any atom is -0.463 e. The monoisotopic (exact) mass is 932 g/mol. The van der Waals surface area contributed by atoms with Crippen LogP contribution < -0.4 is 5.32 Å². The molecule has 0 aromatic rings. The lowest BCUT2D eigenvalue weighted by molar-refractivity contribution is -0.147. The molecule has 0 spiro atoms. The molecule has 0 saturated heterocycles. The van der Waals surface area contributed by atoms with E-state index in [-0.39, 0.29) is 32.1 Å². The molecule has 0 radical (unpaired) electrons. The highest BCUT2D eigenvalue weighted by Crippen LogP contribution is 2.42. The zero-order valence-corrected chi connectivity index (χ0v) is 42.6. The van der Waals surface area contributed by atoms with Gasteiger partial charge in [0.1, 0.15) is 12.7 Å². The summed E-state index contributed by atoms with van der Waals surface area (Å²) in [5.41, 5.74) is 0. The van der Waals surface area contributed by atoms with E-state index in [0.29, 0.717) is 6.42 Å². The third-order valence-corrected chi connectivity index (χ3v) is 12.1. The maximum Gasteiger partial charge on any atom is 0.472 e. The SMILES string of the molecule is CC/C=C\C/C=C\C/C=C\C/C=C\C/C=C\CCCCCCCCCC(=O)OCC(O)COP(=O)(O)OCCNC(=O)CCCCCCCCCCCCC/C=C/CCCCCCCC. The predicted molar refractivity (Wildman–Crippen MR) is 275 cm³/mol. The van der Waals surface area contributed by atoms with Crippen molar-refractivity contribution >= 4 is 19.7 Å². The average molecular weight is 932 g/mol. The fourth-order valence-corrected chi connectivity index (χ4v) is 7.92. The Balaban J connectivity index is 3.58. The van der Waals surface area contributed by atoms with E-state index in [9.17, 15) is 24.2 Å². The predicted octanol–water partition coefficient (Wildman–Crippen LogP) is 15.8. The van der Waals surface area contributed by atoms with Crippen molar-refractivity contribution in [1.29, 1.82) is 0 Å². The van der Waals surface area contributed by atoms with E-state index in [1.807, 2.05) is 0 Å². The molecule has 9 nitrogen and oxygen atoms in total. The number of carbonyl (C=O) groups is 2. The summed E-state index contributed by atoms with van der Waals surface area (Å²) < 4.78 is 27.0. The number of aliphatic hydroxyl groups is 1. The van der Waals surface area contributed by atoms with Crippen LogP contribution in [-0.2, 0) is 27.9 Å². The number of unbranched alkanes of at least 4 members (excludes halogenated alkanes) is 24. The highest BCUT2D eigenvalue weighted by Gasteiger charge is 2.23. The van der Waals surface area contributed by atoms with Gasteiger partial charge in [0.25, 0.3) is 0 Å². The van der Waals surface area contributed by atoms with Crippen LogP contribution in [0.3, 0.4) is 0 Å². The molecule has 0 aliphatic carbocycles. The Morgan fingerprint density at radius 2 is 0.877 bits per heavy atom. The average Bonchev–Trinajstić information content (AvgIpc) is 3.29. The van der Waals surface area contributed by atoms with Crippen molar-refractivity contribution in [3.63, 3.8) is 0 Å². The fraction of sp³-hybridized carbons (Fsp3) is 0.745. The number of phosphoric ester groups is 1. The summed E-state index contributed by atoms with van der Waals surface area (Å²) >= 11 is 0. The molecule has 2 unspecified atom stereocenters. The Hall–Kier alpha value is -2.55. The molecule has 0 heterocycles. The van der Waals surface area contributed by atoms with Crippen molar-refractivity contribution in [3.8, 4) is 0 Å². The summed E-state index contributed by atoms with van der Waals surface area (Å²) in [5.74, 6) is -0.527. The van der Waals surface area contributed by atoms with Crippen molar-refractivity contribution in [1.82, 2.24) is 5.32 Å². The maximum absolute atomic E-state index is 12.2. The Morgan fingerprint density at radius 1 is 0.492 bits per heavy atom. The van der Waals surface area contributed by atoms with Gasteiger partial charge in [-0.05, 0) is 83.5 Å². The number of hydrogen-bond donors (Lipinski definition) is 3. The number of rotatable bonds is 49. The van der Waals surface area contributed by atoms with Gasteiger partial charge in [0.2, 0.25) is 5.91 Å². The number of carbonyl (C=O) groups excluding carboxylic acids is 2. The van der Waals surface area contributed by atoms with Crippen molar-refractivity contribution in [2.45, 2.75) is 238 Å². The number of hydrogen-bond acceptors (Lipinski definition) is 7. The van der Waals surface area contributed by atoms with Crippen molar-refractivity contribution in [3.05, 3.63) is 72.9 Å². The summed E-state index contributed by atoms with van der Waals surface area (Å²) in [6.45, 7) is 3.44. The second kappa shape index (κ2) is 50.9. The second-order valence-electron chi connectivity index (χ2n) is 17.5. The molecular formula is C55H98NO8P. The molecule has 0 rings (SSSR count). The number of phosphoric acid groups is 1. The Kier molecular flexibility index (Phi) is 48.9. The van der Waals surface area contributed by atoms with E-state index in [0.717, 1.165) is 83.5 Å². The summed E-state index contributed by atoms with van der Waals surface area (Å²) in [5, 5.41) is 12.8. The van der Waals surface area contributed by atoms with Gasteiger partial charge in [-0.15, -0.1) is 0 Å². The molecule has 376 valence electrons. The first-order valence-corrected chi connectivity index (χ1v) is 27.9. The highest BCUT2D eigenvalue weighted by atomic mass is 31.2. The molecule has 0 saturated carbocycles. The van der Waals surface area contributed by atoms with Gasteiger partial charge >= 0.3 is 13.8 Å². The Bertz CT molecular complexity index is 1290. The van der Waals surface area contributed by atoms with Gasteiger partial charge in [-0.3, -0.25) is 18.6 Å². The van der Waals surface area contributed by atoms with Crippen LogP contribution >= 0.6 is 7.82 Å². The lowest BCUT2D eigenvalue weighted by atomic mass is 10.0. The van der Waals surface area contributed by atoms with Gasteiger partial charge in [-0.1, -0.05) is 209 Å². The van der Waals surface area contributed by atoms with E-state index in [1.54, 1.807) is 0 Å². The van der Waals surface area contributed by atoms with E-state index in [2.05, 4.69) is 92.1 Å². The minimum absolute atomic E-state index is 0.0780. The van der Waals surface area contributed by atoms with Crippen LogP contribution in [0.1, 0.15) is 232 Å². The molecule has 3 N–H and O–H groups in total. The van der Waals surface area contributed by atoms with Crippen molar-refractivity contribution < 1.29 is 37.9 Å². The van der Waals surface area contributed by atoms with Crippen LogP contribution in [0, 0.1) is 0 Å². The molecule has 65 heavy (non-hydrogen) atoms. The molecule has 0 aromatic carbocycles. The minimum atomic E-state index is -4.43. The standard InChI is InChI=1S/C55H98NO8P/c1-3-5-7-9-11-13-15-17-19-21-23-25-26-28-30-32-34-36-38-40-42-44-46-48-55(59)62-51-53(57)52-64-65(60,61)63-50-49-56-54(58)47-45-43-41-39-37-35-33-31-29-27-24-22-20-18-16-14-12-10-8-6-4-2/h5,7,11,13,17-20,23,25,28,30,53,57H,3-4,6,8-10,12,14-16,21-22,24,26-27,29,31-52H2,1-2H3,(H,56,58)(H,60,61)/b7-5-,13-11-,19-17-,20-18+,25-23-,30-28-. The summed E-state index contributed by atoms with van der Waals surface area (Å²) in [4.78, 5) is 34.1. The van der Waals surface area contributed by atoms with E-state index < -0.39 is 26.5 Å². The molecular weight excluding hydrogens is 834 g/mol.